The number of methoxy groups -OCH3 is 1. The highest BCUT2D eigenvalue weighted by molar-refractivity contribution is 5.91. The monoisotopic (exact) mass is 449 g/mol. The third-order valence-electron chi connectivity index (χ3n) is 5.45. The average molecular weight is 449 g/mol. The minimum absolute atomic E-state index is 0.0226. The lowest BCUT2D eigenvalue weighted by molar-refractivity contribution is 0.0600. The number of aromatic nitrogens is 3. The first-order chi connectivity index (χ1) is 16.5. The van der Waals surface area contributed by atoms with E-state index in [2.05, 4.69) is 15.0 Å². The smallest absolute Gasteiger partial charge is 0.337 e. The van der Waals surface area contributed by atoms with Crippen LogP contribution in [0.4, 0.5) is 0 Å². The van der Waals surface area contributed by atoms with E-state index in [-0.39, 0.29) is 23.1 Å². The number of carbonyl (C=O) groups excluding carboxylic acids is 1. The molecule has 1 aromatic heterocycles. The van der Waals surface area contributed by atoms with Crippen LogP contribution in [0.2, 0.25) is 0 Å². The Balaban J connectivity index is 1.71. The van der Waals surface area contributed by atoms with Gasteiger partial charge in [0.2, 0.25) is 0 Å². The summed E-state index contributed by atoms with van der Waals surface area (Å²) in [6.07, 6.45) is 0. The SMILES string of the molecule is COC(=O)c1ccc(-c2nc(-c3ccccc3O)nc(-c3cc4ccccc4cc3O)n2)cc1. The maximum atomic E-state index is 11.8. The van der Waals surface area contributed by atoms with Gasteiger partial charge in [-0.2, -0.15) is 0 Å². The lowest BCUT2D eigenvalue weighted by atomic mass is 10.0. The summed E-state index contributed by atoms with van der Waals surface area (Å²) in [5.74, 6) is 0.437. The highest BCUT2D eigenvalue weighted by Gasteiger charge is 2.17. The van der Waals surface area contributed by atoms with Gasteiger partial charge in [0, 0.05) is 5.56 Å². The van der Waals surface area contributed by atoms with Gasteiger partial charge in [0.25, 0.3) is 0 Å². The first-order valence-corrected chi connectivity index (χ1v) is 10.5. The number of carbonyl (C=O) groups is 1. The Morgan fingerprint density at radius 2 is 1.26 bits per heavy atom. The topological polar surface area (TPSA) is 105 Å². The summed E-state index contributed by atoms with van der Waals surface area (Å²) >= 11 is 0. The van der Waals surface area contributed by atoms with E-state index in [1.54, 1.807) is 54.6 Å². The highest BCUT2D eigenvalue weighted by atomic mass is 16.5. The van der Waals surface area contributed by atoms with Crippen LogP contribution in [0.25, 0.3) is 44.9 Å². The van der Waals surface area contributed by atoms with Gasteiger partial charge in [-0.25, -0.2) is 19.7 Å². The number of nitrogens with zero attached hydrogens (tertiary/aromatic N) is 3. The van der Waals surface area contributed by atoms with Crippen molar-refractivity contribution in [2.45, 2.75) is 0 Å². The summed E-state index contributed by atoms with van der Waals surface area (Å²) < 4.78 is 4.76. The van der Waals surface area contributed by atoms with E-state index < -0.39 is 5.97 Å². The quantitative estimate of drug-likeness (QED) is 0.362. The Bertz CT molecular complexity index is 1530. The fourth-order valence-electron chi connectivity index (χ4n) is 3.69. The van der Waals surface area contributed by atoms with E-state index in [0.717, 1.165) is 10.8 Å². The van der Waals surface area contributed by atoms with E-state index >= 15 is 0 Å². The van der Waals surface area contributed by atoms with Crippen LogP contribution < -0.4 is 0 Å². The van der Waals surface area contributed by atoms with Gasteiger partial charge in [-0.3, -0.25) is 0 Å². The van der Waals surface area contributed by atoms with Gasteiger partial charge in [0.1, 0.15) is 11.5 Å². The van der Waals surface area contributed by atoms with Crippen molar-refractivity contribution in [2.75, 3.05) is 7.11 Å². The van der Waals surface area contributed by atoms with Gasteiger partial charge in [0.05, 0.1) is 23.8 Å². The first kappa shape index (κ1) is 21.1. The molecule has 0 atom stereocenters. The summed E-state index contributed by atoms with van der Waals surface area (Å²) in [7, 11) is 1.32. The molecule has 34 heavy (non-hydrogen) atoms. The maximum absolute atomic E-state index is 11.8. The average Bonchev–Trinajstić information content (AvgIpc) is 2.88. The third-order valence-corrected chi connectivity index (χ3v) is 5.45. The zero-order valence-corrected chi connectivity index (χ0v) is 18.1. The van der Waals surface area contributed by atoms with Crippen LogP contribution in [0.3, 0.4) is 0 Å². The predicted molar refractivity (Wildman–Crippen MR) is 128 cm³/mol. The number of phenols is 2. The highest BCUT2D eigenvalue weighted by Crippen LogP contribution is 2.34. The molecule has 0 unspecified atom stereocenters. The lowest BCUT2D eigenvalue weighted by Crippen LogP contribution is -2.02. The molecule has 0 spiro atoms. The number of benzene rings is 4. The van der Waals surface area contributed by atoms with E-state index in [1.807, 2.05) is 30.3 Å². The normalized spacial score (nSPS) is 10.9. The fraction of sp³-hybridized carbons (Fsp3) is 0.0370. The van der Waals surface area contributed by atoms with Crippen LogP contribution in [0.5, 0.6) is 11.5 Å². The van der Waals surface area contributed by atoms with Crippen LogP contribution in [-0.2, 0) is 4.74 Å². The molecule has 0 amide bonds. The summed E-state index contributed by atoms with van der Waals surface area (Å²) in [5, 5.41) is 23.0. The van der Waals surface area contributed by atoms with Crippen molar-refractivity contribution in [1.82, 2.24) is 15.0 Å². The van der Waals surface area contributed by atoms with Crippen molar-refractivity contribution in [3.8, 4) is 45.7 Å². The number of fused-ring (bicyclic) bond motifs is 1. The molecular formula is C27H19N3O4. The summed E-state index contributed by atoms with van der Waals surface area (Å²) in [4.78, 5) is 25.6. The lowest BCUT2D eigenvalue weighted by Gasteiger charge is -2.11. The van der Waals surface area contributed by atoms with Gasteiger partial charge in [-0.15, -0.1) is 0 Å². The van der Waals surface area contributed by atoms with Crippen molar-refractivity contribution in [1.29, 1.82) is 0 Å². The number of rotatable bonds is 4. The molecule has 5 rings (SSSR count). The van der Waals surface area contributed by atoms with Crippen molar-refractivity contribution in [3.63, 3.8) is 0 Å². The van der Waals surface area contributed by atoms with Crippen LogP contribution in [-0.4, -0.2) is 38.2 Å². The zero-order valence-electron chi connectivity index (χ0n) is 18.1. The Morgan fingerprint density at radius 1 is 0.676 bits per heavy atom. The summed E-state index contributed by atoms with van der Waals surface area (Å²) in [6.45, 7) is 0. The van der Waals surface area contributed by atoms with Gasteiger partial charge in [-0.1, -0.05) is 48.5 Å². The number of esters is 1. The molecule has 7 heteroatoms. The summed E-state index contributed by atoms with van der Waals surface area (Å²) in [5.41, 5.74) is 1.89. The van der Waals surface area contributed by atoms with Crippen molar-refractivity contribution in [2.24, 2.45) is 0 Å². The van der Waals surface area contributed by atoms with Crippen LogP contribution >= 0.6 is 0 Å². The molecule has 166 valence electrons. The maximum Gasteiger partial charge on any atom is 0.337 e. The molecule has 0 saturated carbocycles. The fourth-order valence-corrected chi connectivity index (χ4v) is 3.69. The molecule has 2 N–H and O–H groups in total. The molecule has 0 radical (unpaired) electrons. The molecule has 0 fully saturated rings. The number of ether oxygens (including phenoxy) is 1. The summed E-state index contributed by atoms with van der Waals surface area (Å²) in [6, 6.07) is 24.6. The number of para-hydroxylation sites is 1. The van der Waals surface area contributed by atoms with Gasteiger partial charge in [-0.05, 0) is 47.2 Å². The van der Waals surface area contributed by atoms with Gasteiger partial charge >= 0.3 is 5.97 Å². The number of aromatic hydroxyl groups is 2. The zero-order chi connectivity index (χ0) is 23.7. The Hall–Kier alpha value is -4.78. The second kappa shape index (κ2) is 8.63. The molecule has 4 aromatic carbocycles. The second-order valence-electron chi connectivity index (χ2n) is 7.61. The minimum Gasteiger partial charge on any atom is -0.507 e. The Morgan fingerprint density at radius 3 is 1.94 bits per heavy atom. The van der Waals surface area contributed by atoms with E-state index in [4.69, 9.17) is 4.74 Å². The van der Waals surface area contributed by atoms with Gasteiger partial charge < -0.3 is 14.9 Å². The van der Waals surface area contributed by atoms with E-state index in [1.165, 1.54) is 7.11 Å². The molecule has 7 nitrogen and oxygen atoms in total. The largest absolute Gasteiger partial charge is 0.507 e. The molecule has 0 aliphatic heterocycles. The number of hydrogen-bond donors (Lipinski definition) is 2. The Labute approximate surface area is 195 Å². The van der Waals surface area contributed by atoms with Crippen molar-refractivity contribution >= 4 is 16.7 Å². The Kier molecular flexibility index (Phi) is 5.35. The van der Waals surface area contributed by atoms with Gasteiger partial charge in [0.15, 0.2) is 17.5 Å². The van der Waals surface area contributed by atoms with E-state index in [0.29, 0.717) is 28.1 Å². The third kappa shape index (κ3) is 3.91. The van der Waals surface area contributed by atoms with Crippen molar-refractivity contribution < 1.29 is 19.7 Å². The molecule has 5 aromatic rings. The number of phenolic OH excluding ortho intramolecular Hbond substituents is 2. The number of hydrogen-bond acceptors (Lipinski definition) is 7. The predicted octanol–water partition coefficient (Wildman–Crippen LogP) is 5.22. The second-order valence-corrected chi connectivity index (χ2v) is 7.61. The molecular weight excluding hydrogens is 430 g/mol. The van der Waals surface area contributed by atoms with Crippen LogP contribution in [0, 0.1) is 0 Å². The van der Waals surface area contributed by atoms with E-state index in [9.17, 15) is 15.0 Å². The molecule has 0 bridgehead atoms. The minimum atomic E-state index is -0.445. The molecule has 0 aliphatic carbocycles. The van der Waals surface area contributed by atoms with Crippen molar-refractivity contribution in [3.05, 3.63) is 90.5 Å². The standard InChI is InChI=1S/C27H19N3O4/c1-34-27(33)17-12-10-16(11-13-17)24-28-25(20-8-4-5-9-22(20)31)30-26(29-24)21-14-18-6-2-3-7-19(18)15-23(21)32/h2-15,31-32H,1H3. The van der Waals surface area contributed by atoms with Crippen LogP contribution in [0.15, 0.2) is 84.9 Å². The first-order valence-electron chi connectivity index (χ1n) is 10.5. The molecule has 1 heterocycles. The molecule has 0 aliphatic rings. The van der Waals surface area contributed by atoms with Crippen LogP contribution in [0.1, 0.15) is 10.4 Å². The molecule has 0 saturated heterocycles.